The lowest BCUT2D eigenvalue weighted by molar-refractivity contribution is 0.474. The maximum atomic E-state index is 9.66. The van der Waals surface area contributed by atoms with E-state index >= 15 is 0 Å². The van der Waals surface area contributed by atoms with Gasteiger partial charge in [0.25, 0.3) is 0 Å². The minimum absolute atomic E-state index is 0.521. The quantitative estimate of drug-likeness (QED) is 0.864. The normalized spacial score (nSPS) is 15.5. The molecule has 0 amide bonds. The minimum atomic E-state index is 0.521. The molecular formula is C18H24N6. The standard InChI is InChI=1S/C18H24N6/c1-4-14-15(12-19)18(22-21-16(14)5-2)24-10-7-13(8-11-24)17-6-9-20-23(17)3/h6,9,13H,4-5,7-8,10-11H2,1-3H3. The molecule has 0 aromatic carbocycles. The molecule has 0 aliphatic carbocycles. The molecule has 1 saturated heterocycles. The highest BCUT2D eigenvalue weighted by molar-refractivity contribution is 5.58. The zero-order chi connectivity index (χ0) is 17.1. The fraction of sp³-hybridized carbons (Fsp3) is 0.556. The summed E-state index contributed by atoms with van der Waals surface area (Å²) in [5.41, 5.74) is 4.00. The van der Waals surface area contributed by atoms with Crippen molar-refractivity contribution in [3.8, 4) is 6.07 Å². The van der Waals surface area contributed by atoms with Crippen molar-refractivity contribution in [2.24, 2.45) is 7.05 Å². The second-order valence-corrected chi connectivity index (χ2v) is 6.28. The number of piperidine rings is 1. The Morgan fingerprint density at radius 2 is 1.96 bits per heavy atom. The Morgan fingerprint density at radius 1 is 1.21 bits per heavy atom. The van der Waals surface area contributed by atoms with Crippen LogP contribution in [0.25, 0.3) is 0 Å². The third-order valence-corrected chi connectivity index (χ3v) is 5.01. The van der Waals surface area contributed by atoms with Crippen molar-refractivity contribution in [3.63, 3.8) is 0 Å². The van der Waals surface area contributed by atoms with E-state index in [1.54, 1.807) is 0 Å². The van der Waals surface area contributed by atoms with E-state index in [9.17, 15) is 5.26 Å². The zero-order valence-electron chi connectivity index (χ0n) is 14.7. The Kier molecular flexibility index (Phi) is 4.79. The van der Waals surface area contributed by atoms with Crippen LogP contribution in [-0.2, 0) is 19.9 Å². The average Bonchev–Trinajstić information content (AvgIpc) is 3.06. The summed E-state index contributed by atoms with van der Waals surface area (Å²) in [5.74, 6) is 1.28. The SMILES string of the molecule is CCc1nnc(N2CCC(c3ccnn3C)CC2)c(C#N)c1CC. The fourth-order valence-corrected chi connectivity index (χ4v) is 3.67. The van der Waals surface area contributed by atoms with Gasteiger partial charge in [-0.15, -0.1) is 5.10 Å². The molecule has 126 valence electrons. The third kappa shape index (κ3) is 2.86. The molecule has 0 bridgehead atoms. The van der Waals surface area contributed by atoms with Gasteiger partial charge in [0.1, 0.15) is 11.6 Å². The molecule has 24 heavy (non-hydrogen) atoms. The van der Waals surface area contributed by atoms with Gasteiger partial charge in [0.15, 0.2) is 5.82 Å². The van der Waals surface area contributed by atoms with Gasteiger partial charge < -0.3 is 4.90 Å². The molecule has 6 nitrogen and oxygen atoms in total. The lowest BCUT2D eigenvalue weighted by Crippen LogP contribution is -2.35. The Labute approximate surface area is 143 Å². The van der Waals surface area contributed by atoms with Crippen molar-refractivity contribution >= 4 is 5.82 Å². The molecule has 0 unspecified atom stereocenters. The van der Waals surface area contributed by atoms with E-state index in [2.05, 4.69) is 46.2 Å². The van der Waals surface area contributed by atoms with Gasteiger partial charge in [-0.25, -0.2) is 0 Å². The molecule has 2 aromatic heterocycles. The van der Waals surface area contributed by atoms with Crippen LogP contribution in [-0.4, -0.2) is 33.1 Å². The maximum Gasteiger partial charge on any atom is 0.169 e. The summed E-state index contributed by atoms with van der Waals surface area (Å²) in [7, 11) is 2.00. The first-order valence-electron chi connectivity index (χ1n) is 8.70. The van der Waals surface area contributed by atoms with Crippen molar-refractivity contribution < 1.29 is 0 Å². The van der Waals surface area contributed by atoms with Crippen LogP contribution >= 0.6 is 0 Å². The number of rotatable bonds is 4. The fourth-order valence-electron chi connectivity index (χ4n) is 3.67. The summed E-state index contributed by atoms with van der Waals surface area (Å²) in [4.78, 5) is 2.22. The Hall–Kier alpha value is -2.42. The topological polar surface area (TPSA) is 70.6 Å². The number of aryl methyl sites for hydroxylation is 2. The van der Waals surface area contributed by atoms with Gasteiger partial charge in [0.05, 0.1) is 5.69 Å². The van der Waals surface area contributed by atoms with Gasteiger partial charge in [0, 0.05) is 37.9 Å². The number of hydrogen-bond donors (Lipinski definition) is 0. The number of hydrogen-bond acceptors (Lipinski definition) is 5. The van der Waals surface area contributed by atoms with Crippen LogP contribution in [0.15, 0.2) is 12.3 Å². The smallest absolute Gasteiger partial charge is 0.169 e. The highest BCUT2D eigenvalue weighted by atomic mass is 15.3. The van der Waals surface area contributed by atoms with E-state index in [1.807, 2.05) is 17.9 Å². The van der Waals surface area contributed by atoms with Crippen LogP contribution in [0.5, 0.6) is 0 Å². The van der Waals surface area contributed by atoms with Crippen LogP contribution in [0, 0.1) is 11.3 Å². The van der Waals surface area contributed by atoms with E-state index in [0.717, 1.165) is 55.8 Å². The first-order chi connectivity index (χ1) is 11.7. The highest BCUT2D eigenvalue weighted by Gasteiger charge is 2.26. The Balaban J connectivity index is 1.82. The van der Waals surface area contributed by atoms with Crippen molar-refractivity contribution in [3.05, 3.63) is 34.8 Å². The largest absolute Gasteiger partial charge is 0.354 e. The molecule has 1 fully saturated rings. The van der Waals surface area contributed by atoms with Crippen LogP contribution in [0.3, 0.4) is 0 Å². The summed E-state index contributed by atoms with van der Waals surface area (Å²) in [6.45, 7) is 5.93. The Morgan fingerprint density at radius 3 is 2.50 bits per heavy atom. The van der Waals surface area contributed by atoms with E-state index in [4.69, 9.17) is 0 Å². The van der Waals surface area contributed by atoms with Gasteiger partial charge in [0.2, 0.25) is 0 Å². The molecule has 0 radical (unpaired) electrons. The van der Waals surface area contributed by atoms with E-state index in [1.165, 1.54) is 5.69 Å². The summed E-state index contributed by atoms with van der Waals surface area (Å²) >= 11 is 0. The van der Waals surface area contributed by atoms with Gasteiger partial charge >= 0.3 is 0 Å². The molecule has 0 saturated carbocycles. The molecule has 1 aliphatic heterocycles. The van der Waals surface area contributed by atoms with Gasteiger partial charge in [-0.1, -0.05) is 13.8 Å². The monoisotopic (exact) mass is 324 g/mol. The van der Waals surface area contributed by atoms with Crippen LogP contribution in [0.4, 0.5) is 5.82 Å². The number of anilines is 1. The average molecular weight is 324 g/mol. The summed E-state index contributed by atoms with van der Waals surface area (Å²) in [6, 6.07) is 4.48. The van der Waals surface area contributed by atoms with E-state index in [-0.39, 0.29) is 0 Å². The highest BCUT2D eigenvalue weighted by Crippen LogP contribution is 2.31. The number of nitriles is 1. The van der Waals surface area contributed by atoms with Crippen molar-refractivity contribution in [2.45, 2.75) is 45.4 Å². The molecule has 3 rings (SSSR count). The van der Waals surface area contributed by atoms with Crippen molar-refractivity contribution in [1.29, 1.82) is 5.26 Å². The summed E-state index contributed by atoms with van der Waals surface area (Å²) < 4.78 is 1.96. The van der Waals surface area contributed by atoms with Crippen LogP contribution in [0.1, 0.15) is 55.1 Å². The van der Waals surface area contributed by atoms with Crippen molar-refractivity contribution in [1.82, 2.24) is 20.0 Å². The summed E-state index contributed by atoms with van der Waals surface area (Å²) in [5, 5.41) is 22.7. The lowest BCUT2D eigenvalue weighted by Gasteiger charge is -2.33. The second kappa shape index (κ2) is 7.00. The molecule has 0 N–H and O–H groups in total. The number of aromatic nitrogens is 4. The minimum Gasteiger partial charge on any atom is -0.354 e. The maximum absolute atomic E-state index is 9.66. The van der Waals surface area contributed by atoms with E-state index < -0.39 is 0 Å². The molecule has 3 heterocycles. The predicted octanol–water partition coefficient (Wildman–Crippen LogP) is 2.59. The first-order valence-corrected chi connectivity index (χ1v) is 8.70. The zero-order valence-corrected chi connectivity index (χ0v) is 14.7. The first kappa shape index (κ1) is 16.4. The van der Waals surface area contributed by atoms with Gasteiger partial charge in [-0.2, -0.15) is 15.5 Å². The lowest BCUT2D eigenvalue weighted by atomic mass is 9.93. The van der Waals surface area contributed by atoms with Crippen molar-refractivity contribution in [2.75, 3.05) is 18.0 Å². The van der Waals surface area contributed by atoms with Crippen LogP contribution in [0.2, 0.25) is 0 Å². The van der Waals surface area contributed by atoms with Crippen LogP contribution < -0.4 is 4.90 Å². The van der Waals surface area contributed by atoms with E-state index in [0.29, 0.717) is 11.5 Å². The predicted molar refractivity (Wildman–Crippen MR) is 92.9 cm³/mol. The second-order valence-electron chi connectivity index (χ2n) is 6.28. The molecule has 0 atom stereocenters. The summed E-state index contributed by atoms with van der Waals surface area (Å²) in [6.07, 6.45) is 5.58. The molecule has 0 spiro atoms. The molecular weight excluding hydrogens is 300 g/mol. The van der Waals surface area contributed by atoms with Gasteiger partial charge in [-0.3, -0.25) is 4.68 Å². The molecule has 1 aliphatic rings. The third-order valence-electron chi connectivity index (χ3n) is 5.01. The molecule has 2 aromatic rings. The Bertz CT molecular complexity index is 749. The van der Waals surface area contributed by atoms with Gasteiger partial charge in [-0.05, 0) is 37.3 Å². The number of nitrogens with zero attached hydrogens (tertiary/aromatic N) is 6. The molecule has 6 heteroatoms.